The number of carbonyl (C=O) groups is 1. The molecule has 1 amide bonds. The third kappa shape index (κ3) is 6.21. The first-order valence-corrected chi connectivity index (χ1v) is 10.0. The third-order valence-corrected chi connectivity index (χ3v) is 5.24. The van der Waals surface area contributed by atoms with Crippen molar-refractivity contribution in [2.75, 3.05) is 46.7 Å². The summed E-state index contributed by atoms with van der Waals surface area (Å²) in [6, 6.07) is 5.44. The van der Waals surface area contributed by atoms with Crippen LogP contribution in [0, 0.1) is 0 Å². The second-order valence-corrected chi connectivity index (χ2v) is 7.58. The van der Waals surface area contributed by atoms with Gasteiger partial charge in [0, 0.05) is 19.6 Å². The maximum absolute atomic E-state index is 12.2. The summed E-state index contributed by atoms with van der Waals surface area (Å²) in [4.78, 5) is 13.9. The van der Waals surface area contributed by atoms with Gasteiger partial charge in [-0.1, -0.05) is 6.07 Å². The first-order chi connectivity index (χ1) is 11.8. The molecule has 0 heterocycles. The fourth-order valence-corrected chi connectivity index (χ4v) is 3.25. The van der Waals surface area contributed by atoms with E-state index in [0.717, 1.165) is 11.8 Å². The van der Waals surface area contributed by atoms with Crippen LogP contribution in [0.5, 0.6) is 11.5 Å². The van der Waals surface area contributed by atoms with E-state index in [1.807, 2.05) is 26.0 Å². The molecule has 1 aromatic rings. The smallest absolute Gasteiger partial charge is 0.237 e. The van der Waals surface area contributed by atoms with Crippen molar-refractivity contribution in [2.45, 2.75) is 20.3 Å². The number of benzene rings is 1. The number of carbonyl (C=O) groups excluding carboxylic acids is 1. The fraction of sp³-hybridized carbons (Fsp3) is 0.588. The molecule has 0 aliphatic carbocycles. The molecule has 0 fully saturated rings. The average Bonchev–Trinajstić information content (AvgIpc) is 2.58. The van der Waals surface area contributed by atoms with E-state index in [0.29, 0.717) is 31.0 Å². The third-order valence-electron chi connectivity index (χ3n) is 3.99. The van der Waals surface area contributed by atoms with Crippen molar-refractivity contribution in [3.8, 4) is 11.5 Å². The van der Waals surface area contributed by atoms with E-state index in [1.165, 1.54) is 4.31 Å². The van der Waals surface area contributed by atoms with Crippen LogP contribution in [0.4, 0.5) is 0 Å². The van der Waals surface area contributed by atoms with E-state index in [2.05, 4.69) is 0 Å². The Hall–Kier alpha value is -1.80. The highest BCUT2D eigenvalue weighted by atomic mass is 32.2. The molecule has 0 atom stereocenters. The Morgan fingerprint density at radius 1 is 1.08 bits per heavy atom. The van der Waals surface area contributed by atoms with Crippen LogP contribution in [0.25, 0.3) is 0 Å². The summed E-state index contributed by atoms with van der Waals surface area (Å²) in [6.07, 6.45) is 1.59. The zero-order valence-corrected chi connectivity index (χ0v) is 16.4. The summed E-state index contributed by atoms with van der Waals surface area (Å²) in [5.74, 6) is 1.01. The molecule has 142 valence electrons. The lowest BCUT2D eigenvalue weighted by Gasteiger charge is -2.24. The number of hydrogen-bond donors (Lipinski definition) is 0. The first kappa shape index (κ1) is 21.2. The van der Waals surface area contributed by atoms with Crippen molar-refractivity contribution >= 4 is 15.9 Å². The molecule has 0 aliphatic heterocycles. The highest BCUT2D eigenvalue weighted by molar-refractivity contribution is 7.88. The molecular weight excluding hydrogens is 344 g/mol. The fourth-order valence-electron chi connectivity index (χ4n) is 2.48. The maximum Gasteiger partial charge on any atom is 0.237 e. The van der Waals surface area contributed by atoms with Crippen LogP contribution in [-0.2, 0) is 21.2 Å². The molecule has 0 aromatic heterocycles. The number of amides is 1. The molecule has 0 bridgehead atoms. The van der Waals surface area contributed by atoms with Gasteiger partial charge in [0.1, 0.15) is 0 Å². The Labute approximate surface area is 150 Å². The molecule has 25 heavy (non-hydrogen) atoms. The summed E-state index contributed by atoms with van der Waals surface area (Å²) >= 11 is 0. The van der Waals surface area contributed by atoms with Gasteiger partial charge in [0.2, 0.25) is 15.9 Å². The van der Waals surface area contributed by atoms with Crippen molar-refractivity contribution in [2.24, 2.45) is 0 Å². The van der Waals surface area contributed by atoms with Gasteiger partial charge in [-0.3, -0.25) is 4.79 Å². The van der Waals surface area contributed by atoms with Gasteiger partial charge in [0.25, 0.3) is 0 Å². The number of likely N-dealkylation sites (N-methyl/N-ethyl adjacent to an activating group) is 1. The van der Waals surface area contributed by atoms with Gasteiger partial charge in [-0.05, 0) is 38.0 Å². The molecule has 0 spiro atoms. The highest BCUT2D eigenvalue weighted by Gasteiger charge is 2.22. The molecule has 8 heteroatoms. The van der Waals surface area contributed by atoms with Crippen LogP contribution < -0.4 is 9.47 Å². The van der Waals surface area contributed by atoms with Crippen LogP contribution >= 0.6 is 0 Å². The molecule has 1 rings (SSSR count). The number of rotatable bonds is 10. The minimum atomic E-state index is -3.48. The summed E-state index contributed by atoms with van der Waals surface area (Å²) < 4.78 is 35.7. The molecular formula is C17H28N2O5S. The zero-order valence-electron chi connectivity index (χ0n) is 15.6. The Morgan fingerprint density at radius 3 is 2.16 bits per heavy atom. The van der Waals surface area contributed by atoms with Gasteiger partial charge in [0.15, 0.2) is 11.5 Å². The lowest BCUT2D eigenvalue weighted by molar-refractivity contribution is -0.131. The number of nitrogens with zero attached hydrogens (tertiary/aromatic N) is 2. The highest BCUT2D eigenvalue weighted by Crippen LogP contribution is 2.27. The second-order valence-electron chi connectivity index (χ2n) is 5.60. The Balaban J connectivity index is 2.85. The molecule has 0 radical (unpaired) electrons. The van der Waals surface area contributed by atoms with Crippen molar-refractivity contribution in [3.05, 3.63) is 23.8 Å². The summed E-state index contributed by atoms with van der Waals surface area (Å²) in [7, 11) is -0.373. The molecule has 0 aliphatic rings. The minimum absolute atomic E-state index is 0.145. The van der Waals surface area contributed by atoms with Crippen LogP contribution in [-0.4, -0.2) is 70.2 Å². The lowest BCUT2D eigenvalue weighted by atomic mass is 10.1. The lowest BCUT2D eigenvalue weighted by Crippen LogP contribution is -2.43. The summed E-state index contributed by atoms with van der Waals surface area (Å²) in [6.45, 7) is 4.94. The largest absolute Gasteiger partial charge is 0.493 e. The van der Waals surface area contributed by atoms with Crippen LogP contribution in [0.1, 0.15) is 19.4 Å². The van der Waals surface area contributed by atoms with Crippen LogP contribution in [0.3, 0.4) is 0 Å². The van der Waals surface area contributed by atoms with E-state index >= 15 is 0 Å². The normalized spacial score (nSPS) is 11.4. The quantitative estimate of drug-likeness (QED) is 0.620. The number of hydrogen-bond acceptors (Lipinski definition) is 5. The summed E-state index contributed by atoms with van der Waals surface area (Å²) in [5.41, 5.74) is 0.904. The Kier molecular flexibility index (Phi) is 8.18. The average molecular weight is 372 g/mol. The van der Waals surface area contributed by atoms with Crippen molar-refractivity contribution in [1.29, 1.82) is 0 Å². The van der Waals surface area contributed by atoms with Crippen molar-refractivity contribution < 1.29 is 22.7 Å². The maximum atomic E-state index is 12.2. The van der Waals surface area contributed by atoms with Crippen molar-refractivity contribution in [3.63, 3.8) is 0 Å². The zero-order chi connectivity index (χ0) is 19.0. The SMILES string of the molecule is CCN(CC)C(=O)CN(CCc1ccc(OC)c(OC)c1)S(C)(=O)=O. The van der Waals surface area contributed by atoms with Gasteiger partial charge < -0.3 is 14.4 Å². The number of ether oxygens (including phenoxy) is 2. The predicted molar refractivity (Wildman–Crippen MR) is 97.6 cm³/mol. The molecule has 0 unspecified atom stereocenters. The van der Waals surface area contributed by atoms with Crippen molar-refractivity contribution in [1.82, 2.24) is 9.21 Å². The van der Waals surface area contributed by atoms with Gasteiger partial charge >= 0.3 is 0 Å². The summed E-state index contributed by atoms with van der Waals surface area (Å²) in [5, 5.41) is 0. The Morgan fingerprint density at radius 2 is 1.68 bits per heavy atom. The number of sulfonamides is 1. The van der Waals surface area contributed by atoms with E-state index in [-0.39, 0.29) is 19.0 Å². The topological polar surface area (TPSA) is 76.2 Å². The second kappa shape index (κ2) is 9.62. The minimum Gasteiger partial charge on any atom is -0.493 e. The van der Waals surface area contributed by atoms with Gasteiger partial charge in [-0.25, -0.2) is 8.42 Å². The van der Waals surface area contributed by atoms with Crippen LogP contribution in [0.15, 0.2) is 18.2 Å². The molecule has 0 saturated carbocycles. The molecule has 7 nitrogen and oxygen atoms in total. The number of methoxy groups -OCH3 is 2. The Bertz CT molecular complexity index is 672. The van der Waals surface area contributed by atoms with E-state index in [1.54, 1.807) is 25.2 Å². The molecule has 1 aromatic carbocycles. The predicted octanol–water partition coefficient (Wildman–Crippen LogP) is 1.38. The van der Waals surface area contributed by atoms with E-state index in [4.69, 9.17) is 9.47 Å². The molecule has 0 N–H and O–H groups in total. The van der Waals surface area contributed by atoms with E-state index in [9.17, 15) is 13.2 Å². The van der Waals surface area contributed by atoms with Crippen LogP contribution in [0.2, 0.25) is 0 Å². The van der Waals surface area contributed by atoms with Gasteiger partial charge in [0.05, 0.1) is 27.0 Å². The standard InChI is InChI=1S/C17H28N2O5S/c1-6-18(7-2)17(20)13-19(25(5,21)22)11-10-14-8-9-15(23-3)16(12-14)24-4/h8-9,12H,6-7,10-11,13H2,1-5H3. The monoisotopic (exact) mass is 372 g/mol. The molecule has 0 saturated heterocycles. The van der Waals surface area contributed by atoms with Gasteiger partial charge in [-0.2, -0.15) is 4.31 Å². The van der Waals surface area contributed by atoms with E-state index < -0.39 is 10.0 Å². The first-order valence-electron chi connectivity index (χ1n) is 8.20. The van der Waals surface area contributed by atoms with Gasteiger partial charge in [-0.15, -0.1) is 0 Å².